The van der Waals surface area contributed by atoms with Crippen LogP contribution < -0.4 is 10.6 Å². The number of carbonyl (C=O) groups is 1. The van der Waals surface area contributed by atoms with Crippen LogP contribution in [0.3, 0.4) is 0 Å². The fourth-order valence-electron chi connectivity index (χ4n) is 1.95. The molecule has 1 aromatic carbocycles. The van der Waals surface area contributed by atoms with Crippen LogP contribution in [-0.4, -0.2) is 17.6 Å². The molecule has 23 heavy (non-hydrogen) atoms. The number of allylic oxidation sites excluding steroid dienone is 6. The molecule has 4 nitrogen and oxygen atoms in total. The number of ketones is 1. The SMILES string of the molecule is C=C/C=C\C(C)=C(/C)c1cccc(N(/C=C(/O)C(C)=O)CN)c1. The number of aliphatic hydroxyl groups excluding tert-OH is 1. The normalized spacial score (nSPS) is 13.0. The third-order valence-electron chi connectivity index (χ3n) is 3.52. The van der Waals surface area contributed by atoms with Crippen LogP contribution in [0, 0.1) is 0 Å². The van der Waals surface area contributed by atoms with E-state index in [4.69, 9.17) is 5.73 Å². The van der Waals surface area contributed by atoms with E-state index in [0.717, 1.165) is 22.4 Å². The summed E-state index contributed by atoms with van der Waals surface area (Å²) >= 11 is 0. The standard InChI is InChI=1S/C19H24N2O2/c1-5-6-8-14(2)15(3)17-9-7-10-18(11-17)21(13-20)12-19(23)16(4)22/h5-12,23H,1,13,20H2,2-4H3/b8-6-,15-14+,19-12+. The van der Waals surface area contributed by atoms with Gasteiger partial charge in [-0.25, -0.2) is 0 Å². The van der Waals surface area contributed by atoms with Gasteiger partial charge in [0.05, 0.1) is 12.9 Å². The number of rotatable bonds is 7. The van der Waals surface area contributed by atoms with Crippen molar-refractivity contribution in [3.05, 3.63) is 72.2 Å². The molecule has 0 amide bonds. The van der Waals surface area contributed by atoms with Crippen molar-refractivity contribution in [1.29, 1.82) is 0 Å². The van der Waals surface area contributed by atoms with Crippen molar-refractivity contribution in [3.8, 4) is 0 Å². The number of nitrogens with two attached hydrogens (primary N) is 1. The number of carbonyl (C=O) groups excluding carboxylic acids is 1. The van der Waals surface area contributed by atoms with E-state index < -0.39 is 5.78 Å². The van der Waals surface area contributed by atoms with Crippen molar-refractivity contribution in [3.63, 3.8) is 0 Å². The summed E-state index contributed by atoms with van der Waals surface area (Å²) in [5, 5.41) is 9.64. The first kappa shape index (κ1) is 18.5. The lowest BCUT2D eigenvalue weighted by molar-refractivity contribution is -0.115. The van der Waals surface area contributed by atoms with Gasteiger partial charge in [0.25, 0.3) is 0 Å². The molecule has 0 saturated carbocycles. The number of Topliss-reactive ketones (excluding diaryl/α,β-unsaturated/α-hetero) is 1. The molecule has 0 unspecified atom stereocenters. The predicted molar refractivity (Wildman–Crippen MR) is 97.0 cm³/mol. The van der Waals surface area contributed by atoms with Crippen LogP contribution in [0.2, 0.25) is 0 Å². The zero-order chi connectivity index (χ0) is 17.4. The summed E-state index contributed by atoms with van der Waals surface area (Å²) in [4.78, 5) is 12.8. The van der Waals surface area contributed by atoms with E-state index in [-0.39, 0.29) is 12.4 Å². The Morgan fingerprint density at radius 1 is 1.35 bits per heavy atom. The lowest BCUT2D eigenvalue weighted by Crippen LogP contribution is -2.25. The van der Waals surface area contributed by atoms with E-state index in [1.165, 1.54) is 13.1 Å². The molecule has 0 aliphatic heterocycles. The van der Waals surface area contributed by atoms with Gasteiger partial charge in [-0.05, 0) is 42.7 Å². The Balaban J connectivity index is 3.22. The Kier molecular flexibility index (Phi) is 7.03. The molecule has 0 saturated heterocycles. The molecule has 1 aromatic rings. The number of nitrogens with zero attached hydrogens (tertiary/aromatic N) is 1. The van der Waals surface area contributed by atoms with Gasteiger partial charge in [-0.2, -0.15) is 0 Å². The van der Waals surface area contributed by atoms with Crippen LogP contribution in [0.15, 0.2) is 66.6 Å². The molecule has 0 bridgehead atoms. The number of benzene rings is 1. The summed E-state index contributed by atoms with van der Waals surface area (Å²) in [6.07, 6.45) is 6.98. The van der Waals surface area contributed by atoms with Gasteiger partial charge in [-0.1, -0.05) is 36.9 Å². The van der Waals surface area contributed by atoms with E-state index >= 15 is 0 Å². The zero-order valence-electron chi connectivity index (χ0n) is 13.9. The van der Waals surface area contributed by atoms with E-state index in [1.807, 2.05) is 50.3 Å². The van der Waals surface area contributed by atoms with Gasteiger partial charge in [-0.3, -0.25) is 4.79 Å². The summed E-state index contributed by atoms with van der Waals surface area (Å²) in [5.41, 5.74) is 9.83. The molecule has 0 fully saturated rings. The number of anilines is 1. The molecule has 3 N–H and O–H groups in total. The molecule has 0 heterocycles. The second-order valence-corrected chi connectivity index (χ2v) is 5.18. The molecule has 0 atom stereocenters. The van der Waals surface area contributed by atoms with Crippen LogP contribution in [-0.2, 0) is 4.79 Å². The third-order valence-corrected chi connectivity index (χ3v) is 3.52. The first-order valence-electron chi connectivity index (χ1n) is 7.36. The highest BCUT2D eigenvalue weighted by Gasteiger charge is 2.08. The van der Waals surface area contributed by atoms with Gasteiger partial charge < -0.3 is 15.7 Å². The molecular weight excluding hydrogens is 288 g/mol. The molecule has 0 aliphatic carbocycles. The topological polar surface area (TPSA) is 66.6 Å². The monoisotopic (exact) mass is 312 g/mol. The minimum atomic E-state index is -0.402. The van der Waals surface area contributed by atoms with E-state index in [0.29, 0.717) is 0 Å². The summed E-state index contributed by atoms with van der Waals surface area (Å²) < 4.78 is 0. The quantitative estimate of drug-likeness (QED) is 0.346. The van der Waals surface area contributed by atoms with Crippen molar-refractivity contribution in [2.75, 3.05) is 11.6 Å². The molecule has 1 rings (SSSR count). The Hall–Kier alpha value is -2.59. The molecule has 0 aromatic heterocycles. The maximum absolute atomic E-state index is 11.2. The van der Waals surface area contributed by atoms with E-state index in [9.17, 15) is 9.90 Å². The minimum absolute atomic E-state index is 0.152. The predicted octanol–water partition coefficient (Wildman–Crippen LogP) is 3.93. The van der Waals surface area contributed by atoms with E-state index in [1.54, 1.807) is 11.0 Å². The largest absolute Gasteiger partial charge is 0.503 e. The Bertz CT molecular complexity index is 670. The summed E-state index contributed by atoms with van der Waals surface area (Å²) in [6.45, 7) is 9.19. The molecule has 4 heteroatoms. The number of hydrogen-bond donors (Lipinski definition) is 2. The van der Waals surface area contributed by atoms with Gasteiger partial charge in [0.1, 0.15) is 0 Å². The lowest BCUT2D eigenvalue weighted by atomic mass is 10.0. The van der Waals surface area contributed by atoms with Gasteiger partial charge in [0.2, 0.25) is 0 Å². The van der Waals surface area contributed by atoms with Gasteiger partial charge >= 0.3 is 0 Å². The number of hydrogen-bond acceptors (Lipinski definition) is 4. The van der Waals surface area contributed by atoms with Gasteiger partial charge in [0.15, 0.2) is 11.5 Å². The smallest absolute Gasteiger partial charge is 0.195 e. The van der Waals surface area contributed by atoms with Crippen LogP contribution in [0.4, 0.5) is 5.69 Å². The lowest BCUT2D eigenvalue weighted by Gasteiger charge is -2.19. The van der Waals surface area contributed by atoms with Crippen LogP contribution >= 0.6 is 0 Å². The third kappa shape index (κ3) is 5.27. The summed E-state index contributed by atoms with van der Waals surface area (Å²) in [7, 11) is 0. The van der Waals surface area contributed by atoms with Crippen molar-refractivity contribution in [2.45, 2.75) is 20.8 Å². The summed E-state index contributed by atoms with van der Waals surface area (Å²) in [5.74, 6) is -0.723. The second-order valence-electron chi connectivity index (χ2n) is 5.18. The highest BCUT2D eigenvalue weighted by atomic mass is 16.3. The Morgan fingerprint density at radius 3 is 2.61 bits per heavy atom. The first-order valence-corrected chi connectivity index (χ1v) is 7.36. The highest BCUT2D eigenvalue weighted by molar-refractivity contribution is 5.91. The number of aliphatic hydroxyl groups is 1. The van der Waals surface area contributed by atoms with Crippen molar-refractivity contribution in [2.24, 2.45) is 5.73 Å². The van der Waals surface area contributed by atoms with E-state index in [2.05, 4.69) is 6.58 Å². The molecule has 122 valence electrons. The summed E-state index contributed by atoms with van der Waals surface area (Å²) in [6, 6.07) is 7.77. The van der Waals surface area contributed by atoms with Gasteiger partial charge in [0, 0.05) is 12.6 Å². The van der Waals surface area contributed by atoms with Crippen molar-refractivity contribution < 1.29 is 9.90 Å². The Labute approximate surface area is 137 Å². The highest BCUT2D eigenvalue weighted by Crippen LogP contribution is 2.24. The van der Waals surface area contributed by atoms with Crippen LogP contribution in [0.25, 0.3) is 5.57 Å². The van der Waals surface area contributed by atoms with Gasteiger partial charge in [-0.15, -0.1) is 0 Å². The molecule has 0 radical (unpaired) electrons. The van der Waals surface area contributed by atoms with Crippen LogP contribution in [0.5, 0.6) is 0 Å². The van der Waals surface area contributed by atoms with Crippen LogP contribution in [0.1, 0.15) is 26.3 Å². The maximum atomic E-state index is 11.2. The molecule has 0 spiro atoms. The fourth-order valence-corrected chi connectivity index (χ4v) is 1.95. The molecular formula is C19H24N2O2. The Morgan fingerprint density at radius 2 is 2.04 bits per heavy atom. The minimum Gasteiger partial charge on any atom is -0.503 e. The molecule has 0 aliphatic rings. The van der Waals surface area contributed by atoms with Crippen molar-refractivity contribution >= 4 is 17.0 Å². The first-order chi connectivity index (χ1) is 10.9. The zero-order valence-corrected chi connectivity index (χ0v) is 13.9. The van der Waals surface area contributed by atoms with Crippen molar-refractivity contribution in [1.82, 2.24) is 0 Å². The average molecular weight is 312 g/mol. The average Bonchev–Trinajstić information content (AvgIpc) is 2.56. The second kappa shape index (κ2) is 8.76. The maximum Gasteiger partial charge on any atom is 0.195 e. The fraction of sp³-hybridized carbons (Fsp3) is 0.211.